The van der Waals surface area contributed by atoms with E-state index in [9.17, 15) is 0 Å². The van der Waals surface area contributed by atoms with E-state index in [0.29, 0.717) is 0 Å². The lowest BCUT2D eigenvalue weighted by molar-refractivity contribution is 0.847. The van der Waals surface area contributed by atoms with Crippen LogP contribution in [0.3, 0.4) is 0 Å². The Morgan fingerprint density at radius 2 is 1.46 bits per heavy atom. The fraction of sp³-hybridized carbons (Fsp3) is 0.304. The van der Waals surface area contributed by atoms with Crippen LogP contribution in [0.4, 0.5) is 0 Å². The summed E-state index contributed by atoms with van der Waals surface area (Å²) < 4.78 is 2.46. The molecule has 134 valence electrons. The van der Waals surface area contributed by atoms with Crippen LogP contribution in [0.5, 0.6) is 0 Å². The molecule has 0 aliphatic carbocycles. The number of aryl methyl sites for hydroxylation is 1. The fourth-order valence-corrected chi connectivity index (χ4v) is 3.92. The SMILES string of the molecule is CCCC.CCCc1nc(-c2ccccc2)c2sc3ccccc3c2n1. The van der Waals surface area contributed by atoms with Crippen molar-refractivity contribution in [3.63, 3.8) is 0 Å². The molecule has 2 heterocycles. The molecule has 0 atom stereocenters. The number of unbranched alkanes of at least 4 members (excludes halogenated alkanes) is 1. The van der Waals surface area contributed by atoms with Gasteiger partial charge >= 0.3 is 0 Å². The van der Waals surface area contributed by atoms with Crippen molar-refractivity contribution in [3.8, 4) is 11.3 Å². The first-order chi connectivity index (χ1) is 12.8. The quantitative estimate of drug-likeness (QED) is 0.381. The van der Waals surface area contributed by atoms with Crippen LogP contribution < -0.4 is 0 Å². The molecule has 0 aliphatic heterocycles. The highest BCUT2D eigenvalue weighted by molar-refractivity contribution is 7.26. The first-order valence-corrected chi connectivity index (χ1v) is 10.3. The second-order valence-electron chi connectivity index (χ2n) is 6.38. The molecule has 0 saturated heterocycles. The third kappa shape index (κ3) is 3.94. The Labute approximate surface area is 159 Å². The van der Waals surface area contributed by atoms with Gasteiger partial charge in [0.1, 0.15) is 5.82 Å². The van der Waals surface area contributed by atoms with Crippen molar-refractivity contribution in [1.29, 1.82) is 0 Å². The molecular weight excluding hydrogens is 336 g/mol. The van der Waals surface area contributed by atoms with E-state index in [1.165, 1.54) is 33.2 Å². The van der Waals surface area contributed by atoms with Crippen molar-refractivity contribution in [2.75, 3.05) is 0 Å². The lowest BCUT2D eigenvalue weighted by atomic mass is 10.1. The molecule has 2 nitrogen and oxygen atoms in total. The summed E-state index contributed by atoms with van der Waals surface area (Å²) in [6, 6.07) is 18.9. The maximum absolute atomic E-state index is 4.86. The topological polar surface area (TPSA) is 25.8 Å². The van der Waals surface area contributed by atoms with Crippen LogP contribution >= 0.6 is 11.3 Å². The maximum atomic E-state index is 4.86. The van der Waals surface area contributed by atoms with Crippen LogP contribution in [0.2, 0.25) is 0 Å². The second-order valence-corrected chi connectivity index (χ2v) is 7.43. The summed E-state index contributed by atoms with van der Waals surface area (Å²) in [5, 5.41) is 1.24. The predicted octanol–water partition coefficient (Wildman–Crippen LogP) is 7.27. The van der Waals surface area contributed by atoms with Crippen molar-refractivity contribution < 1.29 is 0 Å². The third-order valence-electron chi connectivity index (χ3n) is 4.29. The van der Waals surface area contributed by atoms with Crippen molar-refractivity contribution >= 4 is 31.6 Å². The van der Waals surface area contributed by atoms with Crippen LogP contribution in [0.1, 0.15) is 45.9 Å². The van der Waals surface area contributed by atoms with Crippen molar-refractivity contribution in [2.45, 2.75) is 46.5 Å². The van der Waals surface area contributed by atoms with E-state index in [1.54, 1.807) is 11.3 Å². The highest BCUT2D eigenvalue weighted by Gasteiger charge is 2.14. The molecule has 0 bridgehead atoms. The Bertz CT molecular complexity index is 972. The number of aromatic nitrogens is 2. The fourth-order valence-electron chi connectivity index (χ4n) is 2.76. The molecular formula is C23H26N2S. The summed E-state index contributed by atoms with van der Waals surface area (Å²) in [5.41, 5.74) is 3.33. The van der Waals surface area contributed by atoms with Crippen LogP contribution in [0, 0.1) is 0 Å². The minimum absolute atomic E-state index is 0.917. The van der Waals surface area contributed by atoms with Gasteiger partial charge in [-0.1, -0.05) is 82.1 Å². The summed E-state index contributed by atoms with van der Waals surface area (Å²) in [4.78, 5) is 9.69. The molecule has 26 heavy (non-hydrogen) atoms. The van der Waals surface area contributed by atoms with Crippen molar-refractivity contribution in [1.82, 2.24) is 9.97 Å². The molecule has 0 radical (unpaired) electrons. The average molecular weight is 363 g/mol. The smallest absolute Gasteiger partial charge is 0.129 e. The monoisotopic (exact) mass is 362 g/mol. The Kier molecular flexibility index (Phi) is 6.35. The molecule has 2 aromatic carbocycles. The van der Waals surface area contributed by atoms with E-state index in [1.807, 2.05) is 6.07 Å². The van der Waals surface area contributed by atoms with Gasteiger partial charge in [-0.15, -0.1) is 11.3 Å². The first-order valence-electron chi connectivity index (χ1n) is 9.52. The van der Waals surface area contributed by atoms with Gasteiger partial charge in [-0.3, -0.25) is 0 Å². The number of fused-ring (bicyclic) bond motifs is 3. The highest BCUT2D eigenvalue weighted by Crippen LogP contribution is 2.37. The van der Waals surface area contributed by atoms with Crippen LogP contribution in [0.15, 0.2) is 54.6 Å². The van der Waals surface area contributed by atoms with Crippen LogP contribution in [-0.2, 0) is 6.42 Å². The summed E-state index contributed by atoms with van der Waals surface area (Å²) in [7, 11) is 0. The molecule has 0 saturated carbocycles. The summed E-state index contributed by atoms with van der Waals surface area (Å²) in [6.07, 6.45) is 4.61. The summed E-state index contributed by atoms with van der Waals surface area (Å²) >= 11 is 1.78. The van der Waals surface area contributed by atoms with Gasteiger partial charge in [-0.05, 0) is 12.5 Å². The van der Waals surface area contributed by atoms with E-state index in [-0.39, 0.29) is 0 Å². The maximum Gasteiger partial charge on any atom is 0.129 e. The lowest BCUT2D eigenvalue weighted by Crippen LogP contribution is -1.97. The van der Waals surface area contributed by atoms with Crippen molar-refractivity contribution in [2.24, 2.45) is 0 Å². The van der Waals surface area contributed by atoms with E-state index in [2.05, 4.69) is 69.3 Å². The molecule has 0 N–H and O–H groups in total. The molecule has 0 amide bonds. The number of hydrogen-bond donors (Lipinski definition) is 0. The van der Waals surface area contributed by atoms with Gasteiger partial charge < -0.3 is 0 Å². The normalized spacial score (nSPS) is 10.7. The van der Waals surface area contributed by atoms with Gasteiger partial charge in [-0.25, -0.2) is 9.97 Å². The standard InChI is InChI=1S/C19H16N2S.C4H10/c1-2-8-16-20-17(13-9-4-3-5-10-13)19-18(21-16)14-11-6-7-12-15(14)22-19;1-3-4-2/h3-7,9-12H,2,8H2,1H3;3-4H2,1-2H3. The zero-order chi connectivity index (χ0) is 18.4. The molecule has 4 aromatic rings. The average Bonchev–Trinajstić information content (AvgIpc) is 3.07. The Morgan fingerprint density at radius 3 is 2.15 bits per heavy atom. The Hall–Kier alpha value is -2.26. The number of hydrogen-bond acceptors (Lipinski definition) is 3. The molecule has 0 unspecified atom stereocenters. The minimum atomic E-state index is 0.917. The van der Waals surface area contributed by atoms with Gasteiger partial charge in [0.2, 0.25) is 0 Å². The number of nitrogens with zero attached hydrogens (tertiary/aromatic N) is 2. The minimum Gasteiger partial charge on any atom is -0.231 e. The second kappa shape index (κ2) is 8.91. The van der Waals surface area contributed by atoms with Crippen molar-refractivity contribution in [3.05, 3.63) is 60.4 Å². The number of thiophene rings is 1. The largest absolute Gasteiger partial charge is 0.231 e. The lowest BCUT2D eigenvalue weighted by Gasteiger charge is -2.05. The first kappa shape index (κ1) is 18.5. The van der Waals surface area contributed by atoms with Gasteiger partial charge in [0.05, 0.1) is 15.9 Å². The molecule has 4 rings (SSSR count). The Balaban J connectivity index is 0.000000447. The number of benzene rings is 2. The van der Waals surface area contributed by atoms with Crippen LogP contribution in [0.25, 0.3) is 31.6 Å². The molecule has 2 aromatic heterocycles. The molecule has 0 fully saturated rings. The zero-order valence-electron chi connectivity index (χ0n) is 15.8. The highest BCUT2D eigenvalue weighted by atomic mass is 32.1. The molecule has 3 heteroatoms. The van der Waals surface area contributed by atoms with E-state index < -0.39 is 0 Å². The molecule has 0 aliphatic rings. The van der Waals surface area contributed by atoms with E-state index >= 15 is 0 Å². The van der Waals surface area contributed by atoms with Gasteiger partial charge in [0, 0.05) is 22.1 Å². The summed E-state index contributed by atoms with van der Waals surface area (Å²) in [5.74, 6) is 0.942. The zero-order valence-corrected chi connectivity index (χ0v) is 16.6. The third-order valence-corrected chi connectivity index (χ3v) is 5.45. The predicted molar refractivity (Wildman–Crippen MR) is 115 cm³/mol. The Morgan fingerprint density at radius 1 is 0.769 bits per heavy atom. The summed E-state index contributed by atoms with van der Waals surface area (Å²) in [6.45, 7) is 6.53. The van der Waals surface area contributed by atoms with Crippen LogP contribution in [-0.4, -0.2) is 9.97 Å². The van der Waals surface area contributed by atoms with E-state index in [4.69, 9.17) is 9.97 Å². The van der Waals surface area contributed by atoms with Gasteiger partial charge in [0.15, 0.2) is 0 Å². The van der Waals surface area contributed by atoms with Gasteiger partial charge in [0.25, 0.3) is 0 Å². The number of rotatable bonds is 4. The molecule has 0 spiro atoms. The van der Waals surface area contributed by atoms with E-state index in [0.717, 1.165) is 29.9 Å². The van der Waals surface area contributed by atoms with Gasteiger partial charge in [-0.2, -0.15) is 0 Å².